The lowest BCUT2D eigenvalue weighted by atomic mass is 10.3. The standard InChI is InChI=1S/C15H22N4/c1-3-17-7-9-18(10-8-17)11-14-12-19-13(2)5-4-6-15(19)16-14/h4-6,12H,3,7-11H2,1-2H3. The Morgan fingerprint density at radius 1 is 1.11 bits per heavy atom. The van der Waals surface area contributed by atoms with Crippen LogP contribution in [0.4, 0.5) is 0 Å². The Labute approximate surface area is 114 Å². The molecule has 0 amide bonds. The van der Waals surface area contributed by atoms with Crippen molar-refractivity contribution in [1.29, 1.82) is 0 Å². The smallest absolute Gasteiger partial charge is 0.137 e. The second-order valence-corrected chi connectivity index (χ2v) is 5.34. The highest BCUT2D eigenvalue weighted by atomic mass is 15.3. The molecule has 1 saturated heterocycles. The van der Waals surface area contributed by atoms with E-state index in [9.17, 15) is 0 Å². The third-order valence-corrected chi connectivity index (χ3v) is 4.04. The first-order chi connectivity index (χ1) is 9.26. The van der Waals surface area contributed by atoms with E-state index in [1.165, 1.54) is 31.0 Å². The second kappa shape index (κ2) is 5.31. The molecule has 0 radical (unpaired) electrons. The number of aromatic nitrogens is 2. The van der Waals surface area contributed by atoms with Gasteiger partial charge in [-0.25, -0.2) is 4.98 Å². The zero-order chi connectivity index (χ0) is 13.2. The highest BCUT2D eigenvalue weighted by Crippen LogP contribution is 2.11. The van der Waals surface area contributed by atoms with Crippen LogP contribution in [0, 0.1) is 6.92 Å². The lowest BCUT2D eigenvalue weighted by Crippen LogP contribution is -2.45. The minimum absolute atomic E-state index is 0.971. The summed E-state index contributed by atoms with van der Waals surface area (Å²) in [6.45, 7) is 11.2. The fourth-order valence-electron chi connectivity index (χ4n) is 2.77. The van der Waals surface area contributed by atoms with Crippen molar-refractivity contribution in [2.45, 2.75) is 20.4 Å². The highest BCUT2D eigenvalue weighted by Gasteiger charge is 2.16. The maximum Gasteiger partial charge on any atom is 0.137 e. The van der Waals surface area contributed by atoms with Gasteiger partial charge in [-0.05, 0) is 25.6 Å². The van der Waals surface area contributed by atoms with Crippen LogP contribution in [0.5, 0.6) is 0 Å². The van der Waals surface area contributed by atoms with Gasteiger partial charge in [0.1, 0.15) is 5.65 Å². The van der Waals surface area contributed by atoms with Crippen LogP contribution in [0.2, 0.25) is 0 Å². The maximum absolute atomic E-state index is 4.71. The molecule has 4 heteroatoms. The third-order valence-electron chi connectivity index (χ3n) is 4.04. The summed E-state index contributed by atoms with van der Waals surface area (Å²) in [5.41, 5.74) is 3.48. The van der Waals surface area contributed by atoms with Gasteiger partial charge in [-0.15, -0.1) is 0 Å². The van der Waals surface area contributed by atoms with Crippen LogP contribution in [0.25, 0.3) is 5.65 Å². The van der Waals surface area contributed by atoms with E-state index in [4.69, 9.17) is 4.98 Å². The Balaban J connectivity index is 1.70. The van der Waals surface area contributed by atoms with Crippen LogP contribution in [0.15, 0.2) is 24.4 Å². The van der Waals surface area contributed by atoms with E-state index < -0.39 is 0 Å². The normalized spacial score (nSPS) is 18.2. The molecule has 0 aliphatic carbocycles. The number of likely N-dealkylation sites (N-methyl/N-ethyl adjacent to an activating group) is 1. The van der Waals surface area contributed by atoms with Crippen LogP contribution in [-0.4, -0.2) is 51.9 Å². The van der Waals surface area contributed by atoms with E-state index in [0.29, 0.717) is 0 Å². The molecule has 0 saturated carbocycles. The van der Waals surface area contributed by atoms with Crippen LogP contribution >= 0.6 is 0 Å². The van der Waals surface area contributed by atoms with Crippen LogP contribution in [-0.2, 0) is 6.54 Å². The van der Waals surface area contributed by atoms with E-state index in [0.717, 1.165) is 25.3 Å². The summed E-state index contributed by atoms with van der Waals surface area (Å²) < 4.78 is 2.18. The van der Waals surface area contributed by atoms with Crippen LogP contribution in [0.3, 0.4) is 0 Å². The summed E-state index contributed by atoms with van der Waals surface area (Å²) in [5, 5.41) is 0. The molecule has 0 aromatic carbocycles. The Hall–Kier alpha value is -1.39. The lowest BCUT2D eigenvalue weighted by Gasteiger charge is -2.33. The van der Waals surface area contributed by atoms with Crippen molar-refractivity contribution in [3.8, 4) is 0 Å². The average molecular weight is 258 g/mol. The topological polar surface area (TPSA) is 23.8 Å². The van der Waals surface area contributed by atoms with E-state index in [1.54, 1.807) is 0 Å². The average Bonchev–Trinajstić information content (AvgIpc) is 2.84. The maximum atomic E-state index is 4.71. The van der Waals surface area contributed by atoms with Gasteiger partial charge in [0.05, 0.1) is 5.69 Å². The molecule has 0 bridgehead atoms. The van der Waals surface area contributed by atoms with Gasteiger partial charge in [0.15, 0.2) is 0 Å². The Morgan fingerprint density at radius 2 is 1.84 bits per heavy atom. The molecule has 1 aliphatic heterocycles. The largest absolute Gasteiger partial charge is 0.304 e. The molecule has 3 heterocycles. The summed E-state index contributed by atoms with van der Waals surface area (Å²) in [6, 6.07) is 6.27. The van der Waals surface area contributed by atoms with E-state index >= 15 is 0 Å². The number of nitrogens with zero attached hydrogens (tertiary/aromatic N) is 4. The molecule has 0 spiro atoms. The van der Waals surface area contributed by atoms with Crippen LogP contribution in [0.1, 0.15) is 18.3 Å². The zero-order valence-corrected chi connectivity index (χ0v) is 11.8. The third kappa shape index (κ3) is 2.65. The quantitative estimate of drug-likeness (QED) is 0.838. The van der Waals surface area contributed by atoms with Gasteiger partial charge in [-0.3, -0.25) is 4.90 Å². The molecule has 0 atom stereocenters. The predicted molar refractivity (Wildman–Crippen MR) is 77.3 cm³/mol. The van der Waals surface area contributed by atoms with Crippen molar-refractivity contribution < 1.29 is 0 Å². The summed E-state index contributed by atoms with van der Waals surface area (Å²) in [5.74, 6) is 0. The first-order valence-corrected chi connectivity index (χ1v) is 7.14. The first-order valence-electron chi connectivity index (χ1n) is 7.14. The minimum atomic E-state index is 0.971. The van der Waals surface area contributed by atoms with Gasteiger partial charge in [-0.1, -0.05) is 13.0 Å². The van der Waals surface area contributed by atoms with Crippen molar-refractivity contribution in [1.82, 2.24) is 19.2 Å². The second-order valence-electron chi connectivity index (χ2n) is 5.34. The summed E-state index contributed by atoms with van der Waals surface area (Å²) in [7, 11) is 0. The molecule has 3 rings (SSSR count). The predicted octanol–water partition coefficient (Wildman–Crippen LogP) is 1.78. The summed E-state index contributed by atoms with van der Waals surface area (Å²) in [6.07, 6.45) is 2.18. The number of fused-ring (bicyclic) bond motifs is 1. The van der Waals surface area contributed by atoms with Gasteiger partial charge in [0.25, 0.3) is 0 Å². The molecular weight excluding hydrogens is 236 g/mol. The van der Waals surface area contributed by atoms with E-state index in [2.05, 4.69) is 52.4 Å². The number of hydrogen-bond donors (Lipinski definition) is 0. The van der Waals surface area contributed by atoms with Crippen molar-refractivity contribution in [2.75, 3.05) is 32.7 Å². The number of rotatable bonds is 3. The molecule has 4 nitrogen and oxygen atoms in total. The molecular formula is C15H22N4. The molecule has 2 aromatic heterocycles. The summed E-state index contributed by atoms with van der Waals surface area (Å²) >= 11 is 0. The van der Waals surface area contributed by atoms with Crippen molar-refractivity contribution in [2.24, 2.45) is 0 Å². The molecule has 1 aliphatic rings. The monoisotopic (exact) mass is 258 g/mol. The van der Waals surface area contributed by atoms with E-state index in [1.807, 2.05) is 0 Å². The minimum Gasteiger partial charge on any atom is -0.304 e. The van der Waals surface area contributed by atoms with Crippen molar-refractivity contribution in [3.63, 3.8) is 0 Å². The fraction of sp³-hybridized carbons (Fsp3) is 0.533. The van der Waals surface area contributed by atoms with E-state index in [-0.39, 0.29) is 0 Å². The van der Waals surface area contributed by atoms with Crippen LogP contribution < -0.4 is 0 Å². The molecule has 2 aromatic rings. The molecule has 102 valence electrons. The molecule has 19 heavy (non-hydrogen) atoms. The summed E-state index contributed by atoms with van der Waals surface area (Å²) in [4.78, 5) is 9.72. The van der Waals surface area contributed by atoms with Gasteiger partial charge in [0, 0.05) is 44.6 Å². The van der Waals surface area contributed by atoms with Gasteiger partial charge in [-0.2, -0.15) is 0 Å². The molecule has 0 N–H and O–H groups in total. The Morgan fingerprint density at radius 3 is 2.53 bits per heavy atom. The number of aryl methyl sites for hydroxylation is 1. The first kappa shape index (κ1) is 12.6. The van der Waals surface area contributed by atoms with Gasteiger partial charge >= 0.3 is 0 Å². The van der Waals surface area contributed by atoms with Crippen molar-refractivity contribution >= 4 is 5.65 Å². The highest BCUT2D eigenvalue weighted by molar-refractivity contribution is 5.41. The SMILES string of the molecule is CCN1CCN(Cc2cn3c(C)cccc3n2)CC1. The molecule has 1 fully saturated rings. The molecule has 0 unspecified atom stereocenters. The Kier molecular flexibility index (Phi) is 3.53. The number of piperazine rings is 1. The number of hydrogen-bond acceptors (Lipinski definition) is 3. The zero-order valence-electron chi connectivity index (χ0n) is 11.8. The number of imidazole rings is 1. The van der Waals surface area contributed by atoms with Gasteiger partial charge in [0.2, 0.25) is 0 Å². The number of pyridine rings is 1. The lowest BCUT2D eigenvalue weighted by molar-refractivity contribution is 0.131. The fourth-order valence-corrected chi connectivity index (χ4v) is 2.77. The van der Waals surface area contributed by atoms with Gasteiger partial charge < -0.3 is 9.30 Å². The van der Waals surface area contributed by atoms with Crippen molar-refractivity contribution in [3.05, 3.63) is 35.8 Å². The Bertz CT molecular complexity index is 552.